The van der Waals surface area contributed by atoms with Crippen molar-refractivity contribution in [2.75, 3.05) is 5.32 Å². The topological polar surface area (TPSA) is 42.0 Å². The Morgan fingerprint density at radius 2 is 2.38 bits per heavy atom. The summed E-state index contributed by atoms with van der Waals surface area (Å²) in [7, 11) is 0. The molecule has 0 aliphatic heterocycles. The number of halogens is 1. The third kappa shape index (κ3) is 3.19. The lowest BCUT2D eigenvalue weighted by Gasteiger charge is -2.02. The van der Waals surface area contributed by atoms with Gasteiger partial charge in [0.1, 0.15) is 0 Å². The van der Waals surface area contributed by atoms with Crippen molar-refractivity contribution < 1.29 is 9.18 Å². The lowest BCUT2D eigenvalue weighted by molar-refractivity contribution is -0.116. The maximum atomic E-state index is 12.3. The van der Waals surface area contributed by atoms with Crippen molar-refractivity contribution in [2.45, 2.75) is 19.8 Å². The molecule has 0 aromatic carbocycles. The van der Waals surface area contributed by atoms with Crippen LogP contribution < -0.4 is 5.32 Å². The molecular formula is C9H11FN2O. The average Bonchev–Trinajstić information content (AvgIpc) is 2.09. The largest absolute Gasteiger partial charge is 0.325 e. The quantitative estimate of drug-likeness (QED) is 0.726. The maximum absolute atomic E-state index is 12.3. The summed E-state index contributed by atoms with van der Waals surface area (Å²) in [6, 6.07) is 2.69. The van der Waals surface area contributed by atoms with Crippen molar-refractivity contribution >= 4 is 11.6 Å². The van der Waals surface area contributed by atoms with Crippen molar-refractivity contribution in [3.8, 4) is 0 Å². The Bertz CT molecular complexity index is 284. The summed E-state index contributed by atoms with van der Waals surface area (Å²) in [5.41, 5.74) is 0.528. The molecule has 1 rings (SSSR count). The fourth-order valence-corrected chi connectivity index (χ4v) is 0.900. The Labute approximate surface area is 76.0 Å². The highest BCUT2D eigenvalue weighted by atomic mass is 19.1. The average molecular weight is 182 g/mol. The van der Waals surface area contributed by atoms with Crippen LogP contribution in [0.25, 0.3) is 0 Å². The predicted octanol–water partition coefficient (Wildman–Crippen LogP) is 1.96. The molecule has 0 saturated heterocycles. The van der Waals surface area contributed by atoms with Gasteiger partial charge in [-0.25, -0.2) is 4.98 Å². The Morgan fingerprint density at radius 1 is 1.62 bits per heavy atom. The minimum Gasteiger partial charge on any atom is -0.325 e. The number of nitrogens with one attached hydrogen (secondary N) is 1. The van der Waals surface area contributed by atoms with Gasteiger partial charge in [0.15, 0.2) is 0 Å². The summed E-state index contributed by atoms with van der Waals surface area (Å²) < 4.78 is 12.3. The number of nitrogens with zero attached hydrogens (tertiary/aromatic N) is 1. The third-order valence-corrected chi connectivity index (χ3v) is 1.49. The van der Waals surface area contributed by atoms with Gasteiger partial charge in [-0.2, -0.15) is 4.39 Å². The molecular weight excluding hydrogens is 171 g/mol. The zero-order valence-electron chi connectivity index (χ0n) is 7.38. The van der Waals surface area contributed by atoms with Gasteiger partial charge < -0.3 is 5.32 Å². The normalized spacial score (nSPS) is 9.69. The number of rotatable bonds is 3. The number of pyridine rings is 1. The van der Waals surface area contributed by atoms with Crippen LogP contribution >= 0.6 is 0 Å². The Hall–Kier alpha value is -1.45. The minimum absolute atomic E-state index is 0.0732. The summed E-state index contributed by atoms with van der Waals surface area (Å²) in [5.74, 6) is -0.621. The van der Waals surface area contributed by atoms with Crippen LogP contribution in [-0.2, 0) is 4.79 Å². The van der Waals surface area contributed by atoms with Gasteiger partial charge in [0, 0.05) is 6.42 Å². The van der Waals surface area contributed by atoms with Crippen LogP contribution in [0, 0.1) is 5.95 Å². The smallest absolute Gasteiger partial charge is 0.224 e. The molecule has 70 valence electrons. The Morgan fingerprint density at radius 3 is 2.92 bits per heavy atom. The second-order valence-corrected chi connectivity index (χ2v) is 2.67. The lowest BCUT2D eigenvalue weighted by Crippen LogP contribution is -2.10. The van der Waals surface area contributed by atoms with Gasteiger partial charge in [0.2, 0.25) is 11.9 Å². The van der Waals surface area contributed by atoms with Gasteiger partial charge in [-0.1, -0.05) is 6.92 Å². The lowest BCUT2D eigenvalue weighted by atomic mass is 10.3. The Kier molecular flexibility index (Phi) is 3.37. The maximum Gasteiger partial charge on any atom is 0.224 e. The minimum atomic E-state index is -0.548. The van der Waals surface area contributed by atoms with Crippen LogP contribution in [0.15, 0.2) is 18.3 Å². The van der Waals surface area contributed by atoms with Gasteiger partial charge in [0.25, 0.3) is 0 Å². The van der Waals surface area contributed by atoms with E-state index in [4.69, 9.17) is 0 Å². The fourth-order valence-electron chi connectivity index (χ4n) is 0.900. The van der Waals surface area contributed by atoms with E-state index in [9.17, 15) is 9.18 Å². The van der Waals surface area contributed by atoms with Gasteiger partial charge in [-0.3, -0.25) is 4.79 Å². The molecule has 0 fully saturated rings. The van der Waals surface area contributed by atoms with Crippen molar-refractivity contribution in [2.24, 2.45) is 0 Å². The standard InChI is InChI=1S/C9H11FN2O/c1-2-3-9(13)12-7-4-5-8(10)11-6-7/h4-6H,2-3H2,1H3,(H,12,13). The molecule has 1 aromatic heterocycles. The molecule has 0 saturated carbocycles. The van der Waals surface area contributed by atoms with Crippen LogP contribution in [0.2, 0.25) is 0 Å². The van der Waals surface area contributed by atoms with E-state index in [-0.39, 0.29) is 5.91 Å². The molecule has 1 N–H and O–H groups in total. The highest BCUT2D eigenvalue weighted by molar-refractivity contribution is 5.90. The van der Waals surface area contributed by atoms with Crippen molar-refractivity contribution in [3.05, 3.63) is 24.3 Å². The van der Waals surface area contributed by atoms with Gasteiger partial charge in [0.05, 0.1) is 11.9 Å². The second kappa shape index (κ2) is 4.54. The first-order chi connectivity index (χ1) is 6.22. The molecule has 0 bridgehead atoms. The summed E-state index contributed by atoms with van der Waals surface area (Å²) in [6.07, 6.45) is 2.56. The van der Waals surface area contributed by atoms with Crippen LogP contribution in [0.3, 0.4) is 0 Å². The molecule has 4 heteroatoms. The first kappa shape index (κ1) is 9.64. The first-order valence-electron chi connectivity index (χ1n) is 4.13. The van der Waals surface area contributed by atoms with E-state index in [1.54, 1.807) is 0 Å². The molecule has 0 aliphatic carbocycles. The molecule has 1 aromatic rings. The number of carbonyl (C=O) groups is 1. The molecule has 3 nitrogen and oxygen atoms in total. The Balaban J connectivity index is 2.54. The predicted molar refractivity (Wildman–Crippen MR) is 47.7 cm³/mol. The van der Waals surface area contributed by atoms with Crippen LogP contribution in [-0.4, -0.2) is 10.9 Å². The monoisotopic (exact) mass is 182 g/mol. The molecule has 1 amide bonds. The van der Waals surface area contributed by atoms with E-state index < -0.39 is 5.95 Å². The fraction of sp³-hybridized carbons (Fsp3) is 0.333. The van der Waals surface area contributed by atoms with E-state index in [0.717, 1.165) is 6.42 Å². The first-order valence-corrected chi connectivity index (χ1v) is 4.13. The van der Waals surface area contributed by atoms with Gasteiger partial charge in [-0.05, 0) is 18.6 Å². The van der Waals surface area contributed by atoms with E-state index in [1.165, 1.54) is 18.3 Å². The second-order valence-electron chi connectivity index (χ2n) is 2.67. The zero-order chi connectivity index (χ0) is 9.68. The van der Waals surface area contributed by atoms with E-state index >= 15 is 0 Å². The SMILES string of the molecule is CCCC(=O)Nc1ccc(F)nc1. The number of anilines is 1. The van der Waals surface area contributed by atoms with E-state index in [2.05, 4.69) is 10.3 Å². The molecule has 1 heterocycles. The van der Waals surface area contributed by atoms with Crippen LogP contribution in [0.5, 0.6) is 0 Å². The van der Waals surface area contributed by atoms with Crippen LogP contribution in [0.4, 0.5) is 10.1 Å². The number of carbonyl (C=O) groups excluding carboxylic acids is 1. The third-order valence-electron chi connectivity index (χ3n) is 1.49. The van der Waals surface area contributed by atoms with Gasteiger partial charge >= 0.3 is 0 Å². The van der Waals surface area contributed by atoms with Crippen molar-refractivity contribution in [1.29, 1.82) is 0 Å². The summed E-state index contributed by atoms with van der Waals surface area (Å²) in [5, 5.41) is 2.60. The molecule has 0 spiro atoms. The summed E-state index contributed by atoms with van der Waals surface area (Å²) >= 11 is 0. The molecule has 0 unspecified atom stereocenters. The van der Waals surface area contributed by atoms with Crippen molar-refractivity contribution in [1.82, 2.24) is 4.98 Å². The summed E-state index contributed by atoms with van der Waals surface area (Å²) in [6.45, 7) is 1.92. The van der Waals surface area contributed by atoms with Gasteiger partial charge in [-0.15, -0.1) is 0 Å². The van der Waals surface area contributed by atoms with E-state index in [1.807, 2.05) is 6.92 Å². The number of amides is 1. The molecule has 0 aliphatic rings. The number of hydrogen-bond donors (Lipinski definition) is 1. The van der Waals surface area contributed by atoms with Crippen molar-refractivity contribution in [3.63, 3.8) is 0 Å². The van der Waals surface area contributed by atoms with Crippen LogP contribution in [0.1, 0.15) is 19.8 Å². The number of hydrogen-bond acceptors (Lipinski definition) is 2. The zero-order valence-corrected chi connectivity index (χ0v) is 7.38. The summed E-state index contributed by atoms with van der Waals surface area (Å²) in [4.78, 5) is 14.5. The van der Waals surface area contributed by atoms with E-state index in [0.29, 0.717) is 12.1 Å². The molecule has 13 heavy (non-hydrogen) atoms. The number of aromatic nitrogens is 1. The highest BCUT2D eigenvalue weighted by Gasteiger charge is 2.00. The molecule has 0 atom stereocenters. The highest BCUT2D eigenvalue weighted by Crippen LogP contribution is 2.05. The molecule has 0 radical (unpaired) electrons.